The smallest absolute Gasteiger partial charge is 0.326 e. The molecule has 1 amide bonds. The normalized spacial score (nSPS) is 11.3. The second kappa shape index (κ2) is 6.80. The van der Waals surface area contributed by atoms with Crippen molar-refractivity contribution in [1.82, 2.24) is 9.55 Å². The van der Waals surface area contributed by atoms with Gasteiger partial charge in [-0.2, -0.15) is 13.2 Å². The zero-order chi connectivity index (χ0) is 17.9. The van der Waals surface area contributed by atoms with Crippen molar-refractivity contribution in [3.05, 3.63) is 78.4 Å². The number of rotatable bonds is 4. The first-order chi connectivity index (χ1) is 11.9. The number of nitrogens with zero attached hydrogens (tertiary/aromatic N) is 2. The van der Waals surface area contributed by atoms with E-state index in [1.807, 2.05) is 16.7 Å². The number of carbonyl (C=O) groups excluding carboxylic acids is 1. The monoisotopic (exact) mass is 345 g/mol. The van der Waals surface area contributed by atoms with Crippen molar-refractivity contribution in [1.29, 1.82) is 0 Å². The maximum Gasteiger partial charge on any atom is 0.416 e. The van der Waals surface area contributed by atoms with Gasteiger partial charge in [0.25, 0.3) is 0 Å². The number of imidazole rings is 1. The van der Waals surface area contributed by atoms with E-state index in [0.717, 1.165) is 17.8 Å². The van der Waals surface area contributed by atoms with Crippen LogP contribution in [0, 0.1) is 0 Å². The van der Waals surface area contributed by atoms with Gasteiger partial charge in [0, 0.05) is 23.8 Å². The molecule has 0 saturated carbocycles. The van der Waals surface area contributed by atoms with Gasteiger partial charge in [0.05, 0.1) is 18.3 Å². The van der Waals surface area contributed by atoms with Crippen LogP contribution in [-0.4, -0.2) is 15.5 Å². The summed E-state index contributed by atoms with van der Waals surface area (Å²) in [7, 11) is 0. The Hall–Kier alpha value is -3.09. The predicted molar refractivity (Wildman–Crippen MR) is 87.3 cm³/mol. The SMILES string of the molecule is O=C(Cc1cccc(C(F)(F)F)c1)Nc1ccc(-n2ccnc2)cc1. The number of benzene rings is 2. The zero-order valence-corrected chi connectivity index (χ0v) is 13.0. The molecular weight excluding hydrogens is 331 g/mol. The van der Waals surface area contributed by atoms with Crippen molar-refractivity contribution in [2.45, 2.75) is 12.6 Å². The molecule has 0 atom stereocenters. The van der Waals surface area contributed by atoms with E-state index >= 15 is 0 Å². The van der Waals surface area contributed by atoms with Gasteiger partial charge in [0.15, 0.2) is 0 Å². The van der Waals surface area contributed by atoms with Gasteiger partial charge >= 0.3 is 6.18 Å². The lowest BCUT2D eigenvalue weighted by Crippen LogP contribution is -2.15. The number of hydrogen-bond acceptors (Lipinski definition) is 2. The Morgan fingerprint density at radius 1 is 1.12 bits per heavy atom. The average molecular weight is 345 g/mol. The third-order valence-corrected chi connectivity index (χ3v) is 3.57. The summed E-state index contributed by atoms with van der Waals surface area (Å²) >= 11 is 0. The van der Waals surface area contributed by atoms with Crippen molar-refractivity contribution in [2.24, 2.45) is 0 Å². The first-order valence-electron chi connectivity index (χ1n) is 7.46. The summed E-state index contributed by atoms with van der Waals surface area (Å²) in [6, 6.07) is 11.8. The van der Waals surface area contributed by atoms with Gasteiger partial charge in [-0.3, -0.25) is 4.79 Å². The van der Waals surface area contributed by atoms with Gasteiger partial charge in [-0.1, -0.05) is 18.2 Å². The summed E-state index contributed by atoms with van der Waals surface area (Å²) in [5.74, 6) is -0.380. The van der Waals surface area contributed by atoms with Gasteiger partial charge in [-0.15, -0.1) is 0 Å². The van der Waals surface area contributed by atoms with Crippen LogP contribution in [0.3, 0.4) is 0 Å². The number of hydrogen-bond donors (Lipinski definition) is 1. The van der Waals surface area contributed by atoms with Gasteiger partial charge in [-0.05, 0) is 35.9 Å². The Balaban J connectivity index is 1.65. The van der Waals surface area contributed by atoms with Crippen molar-refractivity contribution in [3.63, 3.8) is 0 Å². The molecular formula is C18H14F3N3O. The van der Waals surface area contributed by atoms with Crippen LogP contribution in [0.15, 0.2) is 67.3 Å². The van der Waals surface area contributed by atoms with Crippen molar-refractivity contribution in [2.75, 3.05) is 5.32 Å². The lowest BCUT2D eigenvalue weighted by Gasteiger charge is -2.10. The van der Waals surface area contributed by atoms with E-state index < -0.39 is 11.7 Å². The third kappa shape index (κ3) is 4.26. The predicted octanol–water partition coefficient (Wildman–Crippen LogP) is 4.07. The number of amides is 1. The summed E-state index contributed by atoms with van der Waals surface area (Å²) in [6.07, 6.45) is 0.552. The van der Waals surface area contributed by atoms with Gasteiger partial charge in [-0.25, -0.2) is 4.98 Å². The highest BCUT2D eigenvalue weighted by atomic mass is 19.4. The molecule has 0 radical (unpaired) electrons. The number of carbonyl (C=O) groups is 1. The molecule has 3 aromatic rings. The molecule has 2 aromatic carbocycles. The molecule has 0 saturated heterocycles. The van der Waals surface area contributed by atoms with Crippen LogP contribution >= 0.6 is 0 Å². The summed E-state index contributed by atoms with van der Waals surface area (Å²) in [6.45, 7) is 0. The molecule has 1 N–H and O–H groups in total. The summed E-state index contributed by atoms with van der Waals surface area (Å²) in [5.41, 5.74) is 0.999. The zero-order valence-electron chi connectivity index (χ0n) is 13.0. The molecule has 0 fully saturated rings. The fourth-order valence-electron chi connectivity index (χ4n) is 2.38. The molecule has 4 nitrogen and oxygen atoms in total. The van der Waals surface area contributed by atoms with Crippen molar-refractivity contribution < 1.29 is 18.0 Å². The van der Waals surface area contributed by atoms with E-state index in [1.54, 1.807) is 30.9 Å². The molecule has 0 unspecified atom stereocenters. The maximum absolute atomic E-state index is 12.7. The molecule has 3 rings (SSSR count). The van der Waals surface area contributed by atoms with Crippen LogP contribution in [0.4, 0.5) is 18.9 Å². The van der Waals surface area contributed by atoms with E-state index in [1.165, 1.54) is 12.1 Å². The molecule has 128 valence electrons. The number of nitrogens with one attached hydrogen (secondary N) is 1. The average Bonchev–Trinajstić information content (AvgIpc) is 3.09. The molecule has 1 heterocycles. The van der Waals surface area contributed by atoms with Crippen LogP contribution in [0.2, 0.25) is 0 Å². The van der Waals surface area contributed by atoms with Gasteiger partial charge < -0.3 is 9.88 Å². The van der Waals surface area contributed by atoms with Crippen LogP contribution in [-0.2, 0) is 17.4 Å². The van der Waals surface area contributed by atoms with E-state index in [4.69, 9.17) is 0 Å². The minimum absolute atomic E-state index is 0.132. The summed E-state index contributed by atoms with van der Waals surface area (Å²) in [4.78, 5) is 16.0. The molecule has 0 aliphatic carbocycles. The van der Waals surface area contributed by atoms with E-state index in [-0.39, 0.29) is 12.3 Å². The fraction of sp³-hybridized carbons (Fsp3) is 0.111. The van der Waals surface area contributed by atoms with Crippen LogP contribution in [0.25, 0.3) is 5.69 Å². The molecule has 0 aliphatic heterocycles. The van der Waals surface area contributed by atoms with Crippen LogP contribution in [0.5, 0.6) is 0 Å². The highest BCUT2D eigenvalue weighted by Crippen LogP contribution is 2.29. The molecule has 7 heteroatoms. The fourth-order valence-corrected chi connectivity index (χ4v) is 2.38. The second-order valence-corrected chi connectivity index (χ2v) is 5.44. The summed E-state index contributed by atoms with van der Waals surface area (Å²) < 4.78 is 39.9. The summed E-state index contributed by atoms with van der Waals surface area (Å²) in [5, 5.41) is 2.68. The van der Waals surface area contributed by atoms with Crippen LogP contribution < -0.4 is 5.32 Å². The quantitative estimate of drug-likeness (QED) is 0.775. The first kappa shape index (κ1) is 16.8. The van der Waals surface area contributed by atoms with E-state index in [9.17, 15) is 18.0 Å². The molecule has 25 heavy (non-hydrogen) atoms. The Kier molecular flexibility index (Phi) is 4.56. The van der Waals surface area contributed by atoms with E-state index in [2.05, 4.69) is 10.3 Å². The topological polar surface area (TPSA) is 46.9 Å². The highest BCUT2D eigenvalue weighted by molar-refractivity contribution is 5.92. The van der Waals surface area contributed by atoms with Crippen molar-refractivity contribution in [3.8, 4) is 5.69 Å². The number of halogens is 3. The Morgan fingerprint density at radius 2 is 1.88 bits per heavy atom. The molecule has 0 aliphatic rings. The highest BCUT2D eigenvalue weighted by Gasteiger charge is 2.30. The largest absolute Gasteiger partial charge is 0.416 e. The third-order valence-electron chi connectivity index (χ3n) is 3.57. The number of anilines is 1. The van der Waals surface area contributed by atoms with Crippen molar-refractivity contribution >= 4 is 11.6 Å². The molecule has 1 aromatic heterocycles. The lowest BCUT2D eigenvalue weighted by molar-refractivity contribution is -0.137. The Bertz CT molecular complexity index is 856. The second-order valence-electron chi connectivity index (χ2n) is 5.44. The number of alkyl halides is 3. The minimum Gasteiger partial charge on any atom is -0.326 e. The first-order valence-corrected chi connectivity index (χ1v) is 7.46. The maximum atomic E-state index is 12.7. The van der Waals surface area contributed by atoms with Gasteiger partial charge in [0.1, 0.15) is 0 Å². The lowest BCUT2D eigenvalue weighted by atomic mass is 10.1. The molecule has 0 bridgehead atoms. The van der Waals surface area contributed by atoms with Gasteiger partial charge in [0.2, 0.25) is 5.91 Å². The van der Waals surface area contributed by atoms with Crippen LogP contribution in [0.1, 0.15) is 11.1 Å². The minimum atomic E-state index is -4.42. The number of aromatic nitrogens is 2. The Labute approximate surface area is 141 Å². The molecule has 0 spiro atoms. The van der Waals surface area contributed by atoms with E-state index in [0.29, 0.717) is 11.3 Å². The standard InChI is InChI=1S/C18H14F3N3O/c19-18(20,21)14-3-1-2-13(10-14)11-17(25)23-15-4-6-16(7-5-15)24-9-8-22-12-24/h1-10,12H,11H2,(H,23,25). The Morgan fingerprint density at radius 3 is 2.52 bits per heavy atom.